The number of rotatable bonds is 4. The zero-order chi connectivity index (χ0) is 13.8. The monoisotopic (exact) mass is 260 g/mol. The molecule has 0 saturated heterocycles. The van der Waals surface area contributed by atoms with Crippen LogP contribution in [0.4, 0.5) is 0 Å². The molecular weight excluding hydrogens is 244 g/mol. The van der Waals surface area contributed by atoms with Crippen LogP contribution in [0.1, 0.15) is 18.1 Å². The predicted octanol–water partition coefficient (Wildman–Crippen LogP) is 1.80. The lowest BCUT2D eigenvalue weighted by atomic mass is 9.96. The van der Waals surface area contributed by atoms with E-state index in [0.29, 0.717) is 5.56 Å². The standard InChI is InChI=1S/C15H16O4/c1-19-14(17)9-13(16)15(18)12-8-4-6-10-5-2-3-7-11(10)12/h2-8,13,15-16,18H,9H2,1H3. The van der Waals surface area contributed by atoms with Crippen LogP contribution in [0.2, 0.25) is 0 Å². The Kier molecular flexibility index (Phi) is 4.14. The van der Waals surface area contributed by atoms with Gasteiger partial charge in [0.2, 0.25) is 0 Å². The van der Waals surface area contributed by atoms with Gasteiger partial charge in [-0.05, 0) is 16.3 Å². The minimum Gasteiger partial charge on any atom is -0.469 e. The summed E-state index contributed by atoms with van der Waals surface area (Å²) in [7, 11) is 1.25. The lowest BCUT2D eigenvalue weighted by Gasteiger charge is -2.18. The molecule has 0 aliphatic heterocycles. The smallest absolute Gasteiger partial charge is 0.308 e. The molecule has 0 aromatic heterocycles. The molecule has 0 amide bonds. The van der Waals surface area contributed by atoms with Crippen LogP contribution >= 0.6 is 0 Å². The molecule has 2 atom stereocenters. The number of esters is 1. The van der Waals surface area contributed by atoms with E-state index in [2.05, 4.69) is 4.74 Å². The first-order valence-electron chi connectivity index (χ1n) is 6.04. The highest BCUT2D eigenvalue weighted by Crippen LogP contribution is 2.27. The number of carbonyl (C=O) groups is 1. The van der Waals surface area contributed by atoms with Gasteiger partial charge in [-0.25, -0.2) is 0 Å². The lowest BCUT2D eigenvalue weighted by molar-refractivity contribution is -0.144. The summed E-state index contributed by atoms with van der Waals surface area (Å²) in [5.74, 6) is -0.549. The first kappa shape index (κ1) is 13.5. The van der Waals surface area contributed by atoms with Gasteiger partial charge in [-0.2, -0.15) is 0 Å². The third kappa shape index (κ3) is 2.92. The number of fused-ring (bicyclic) bond motifs is 1. The highest BCUT2D eigenvalue weighted by atomic mass is 16.5. The molecule has 4 heteroatoms. The van der Waals surface area contributed by atoms with Crippen molar-refractivity contribution in [3.05, 3.63) is 48.0 Å². The van der Waals surface area contributed by atoms with E-state index < -0.39 is 18.2 Å². The molecule has 0 heterocycles. The second kappa shape index (κ2) is 5.82. The SMILES string of the molecule is COC(=O)CC(O)C(O)c1cccc2ccccc12. The number of benzene rings is 2. The Bertz CT molecular complexity index is 574. The van der Waals surface area contributed by atoms with Crippen LogP contribution in [0.5, 0.6) is 0 Å². The van der Waals surface area contributed by atoms with Gasteiger partial charge in [0.25, 0.3) is 0 Å². The number of aliphatic hydroxyl groups is 2. The fourth-order valence-electron chi connectivity index (χ4n) is 2.08. The normalized spacial score (nSPS) is 14.1. The first-order chi connectivity index (χ1) is 9.13. The number of hydrogen-bond acceptors (Lipinski definition) is 4. The van der Waals surface area contributed by atoms with Crippen molar-refractivity contribution in [1.82, 2.24) is 0 Å². The van der Waals surface area contributed by atoms with E-state index in [-0.39, 0.29) is 6.42 Å². The van der Waals surface area contributed by atoms with Crippen LogP contribution in [0, 0.1) is 0 Å². The minimum atomic E-state index is -1.18. The molecule has 2 N–H and O–H groups in total. The van der Waals surface area contributed by atoms with Gasteiger partial charge in [-0.15, -0.1) is 0 Å². The van der Waals surface area contributed by atoms with Crippen molar-refractivity contribution in [3.63, 3.8) is 0 Å². The zero-order valence-electron chi connectivity index (χ0n) is 10.6. The molecule has 0 aliphatic carbocycles. The third-order valence-electron chi connectivity index (χ3n) is 3.11. The largest absolute Gasteiger partial charge is 0.469 e. The predicted molar refractivity (Wildman–Crippen MR) is 71.5 cm³/mol. The number of ether oxygens (including phenoxy) is 1. The van der Waals surface area contributed by atoms with Crippen molar-refractivity contribution in [1.29, 1.82) is 0 Å². The second-order valence-electron chi connectivity index (χ2n) is 4.36. The van der Waals surface area contributed by atoms with Gasteiger partial charge in [-0.1, -0.05) is 42.5 Å². The Labute approximate surface area is 111 Å². The van der Waals surface area contributed by atoms with E-state index in [0.717, 1.165) is 10.8 Å². The molecule has 100 valence electrons. The number of carbonyl (C=O) groups excluding carboxylic acids is 1. The van der Waals surface area contributed by atoms with Crippen molar-refractivity contribution in [2.75, 3.05) is 7.11 Å². The molecule has 2 aromatic carbocycles. The Morgan fingerprint density at radius 3 is 2.58 bits per heavy atom. The van der Waals surface area contributed by atoms with E-state index in [1.807, 2.05) is 36.4 Å². The van der Waals surface area contributed by atoms with Gasteiger partial charge in [0.15, 0.2) is 0 Å². The van der Waals surface area contributed by atoms with Crippen LogP contribution in [0.15, 0.2) is 42.5 Å². The molecule has 4 nitrogen and oxygen atoms in total. The molecule has 0 bridgehead atoms. The number of hydrogen-bond donors (Lipinski definition) is 2. The van der Waals surface area contributed by atoms with E-state index in [1.165, 1.54) is 7.11 Å². The average Bonchev–Trinajstić information content (AvgIpc) is 2.45. The van der Waals surface area contributed by atoms with Gasteiger partial charge in [-0.3, -0.25) is 4.79 Å². The summed E-state index contributed by atoms with van der Waals surface area (Å²) in [5.41, 5.74) is 0.606. The lowest BCUT2D eigenvalue weighted by Crippen LogP contribution is -2.22. The molecule has 0 fully saturated rings. The number of aliphatic hydroxyl groups excluding tert-OH is 2. The Hall–Kier alpha value is -1.91. The fourth-order valence-corrected chi connectivity index (χ4v) is 2.08. The van der Waals surface area contributed by atoms with Gasteiger partial charge >= 0.3 is 5.97 Å². The van der Waals surface area contributed by atoms with Crippen molar-refractivity contribution < 1.29 is 19.7 Å². The molecule has 2 aromatic rings. The van der Waals surface area contributed by atoms with Crippen LogP contribution < -0.4 is 0 Å². The summed E-state index contributed by atoms with van der Waals surface area (Å²) in [6.07, 6.45) is -2.54. The summed E-state index contributed by atoms with van der Waals surface area (Å²) >= 11 is 0. The molecular formula is C15H16O4. The molecule has 0 aliphatic rings. The molecule has 0 radical (unpaired) electrons. The zero-order valence-corrected chi connectivity index (χ0v) is 10.6. The third-order valence-corrected chi connectivity index (χ3v) is 3.11. The highest BCUT2D eigenvalue weighted by Gasteiger charge is 2.23. The van der Waals surface area contributed by atoms with Crippen molar-refractivity contribution >= 4 is 16.7 Å². The van der Waals surface area contributed by atoms with E-state index in [1.54, 1.807) is 6.07 Å². The topological polar surface area (TPSA) is 66.8 Å². The van der Waals surface area contributed by atoms with Crippen LogP contribution in [-0.4, -0.2) is 29.4 Å². The van der Waals surface area contributed by atoms with Gasteiger partial charge in [0, 0.05) is 0 Å². The maximum Gasteiger partial charge on any atom is 0.308 e. The average molecular weight is 260 g/mol. The maximum atomic E-state index is 11.1. The van der Waals surface area contributed by atoms with Crippen LogP contribution in [0.25, 0.3) is 10.8 Å². The first-order valence-corrected chi connectivity index (χ1v) is 6.04. The van der Waals surface area contributed by atoms with Crippen LogP contribution in [-0.2, 0) is 9.53 Å². The van der Waals surface area contributed by atoms with Gasteiger partial charge < -0.3 is 14.9 Å². The molecule has 19 heavy (non-hydrogen) atoms. The summed E-state index contributed by atoms with van der Waals surface area (Å²) < 4.78 is 4.48. The number of methoxy groups -OCH3 is 1. The van der Waals surface area contributed by atoms with E-state index in [4.69, 9.17) is 0 Å². The summed E-state index contributed by atoms with van der Waals surface area (Å²) in [4.78, 5) is 11.1. The Morgan fingerprint density at radius 2 is 1.84 bits per heavy atom. The van der Waals surface area contributed by atoms with Crippen molar-refractivity contribution in [3.8, 4) is 0 Å². The molecule has 0 spiro atoms. The Morgan fingerprint density at radius 1 is 1.16 bits per heavy atom. The van der Waals surface area contributed by atoms with Gasteiger partial charge in [0.05, 0.1) is 19.6 Å². The van der Waals surface area contributed by atoms with Crippen LogP contribution in [0.3, 0.4) is 0 Å². The van der Waals surface area contributed by atoms with Gasteiger partial charge in [0.1, 0.15) is 6.10 Å². The highest BCUT2D eigenvalue weighted by molar-refractivity contribution is 5.86. The van der Waals surface area contributed by atoms with E-state index in [9.17, 15) is 15.0 Å². The molecule has 2 rings (SSSR count). The van der Waals surface area contributed by atoms with Crippen molar-refractivity contribution in [2.24, 2.45) is 0 Å². The Balaban J connectivity index is 2.30. The van der Waals surface area contributed by atoms with E-state index >= 15 is 0 Å². The second-order valence-corrected chi connectivity index (χ2v) is 4.36. The maximum absolute atomic E-state index is 11.1. The van der Waals surface area contributed by atoms with Crippen molar-refractivity contribution in [2.45, 2.75) is 18.6 Å². The molecule has 2 unspecified atom stereocenters. The quantitative estimate of drug-likeness (QED) is 0.823. The minimum absolute atomic E-state index is 0.235. The summed E-state index contributed by atoms with van der Waals surface area (Å²) in [6, 6.07) is 13.1. The summed E-state index contributed by atoms with van der Waals surface area (Å²) in [6.45, 7) is 0. The fraction of sp³-hybridized carbons (Fsp3) is 0.267. The molecule has 0 saturated carbocycles. The summed E-state index contributed by atoms with van der Waals surface area (Å²) in [5, 5.41) is 21.9.